The predicted octanol–water partition coefficient (Wildman–Crippen LogP) is -0.673. The Hall–Kier alpha value is -2.20. The van der Waals surface area contributed by atoms with Crippen LogP contribution in [0.25, 0.3) is 0 Å². The normalized spacial score (nSPS) is 12.0. The summed E-state index contributed by atoms with van der Waals surface area (Å²) in [5, 5.41) is 6.72. The average Bonchev–Trinajstić information content (AvgIpc) is 2.76. The van der Waals surface area contributed by atoms with E-state index >= 15 is 0 Å². The van der Waals surface area contributed by atoms with Crippen molar-refractivity contribution >= 4 is 49.9 Å². The van der Waals surface area contributed by atoms with Gasteiger partial charge in [-0.1, -0.05) is 6.07 Å². The van der Waals surface area contributed by atoms with Crippen molar-refractivity contribution in [3.8, 4) is 0 Å². The zero-order valence-corrected chi connectivity index (χ0v) is 20.7. The molecule has 0 saturated heterocycles. The van der Waals surface area contributed by atoms with Crippen molar-refractivity contribution in [2.75, 3.05) is 45.0 Å². The fourth-order valence-electron chi connectivity index (χ4n) is 2.26. The van der Waals surface area contributed by atoms with Gasteiger partial charge in [0.05, 0.1) is 37.4 Å². The average molecular weight is 541 g/mol. The predicted molar refractivity (Wildman–Crippen MR) is 122 cm³/mol. The maximum Gasteiger partial charge on any atom is 0.296 e. The molecule has 0 saturated carbocycles. The molecule has 2 rings (SSSR count). The molecule has 0 spiro atoms. The lowest BCUT2D eigenvalue weighted by Gasteiger charge is -2.15. The molecule has 0 fully saturated rings. The van der Waals surface area contributed by atoms with E-state index in [1.807, 2.05) is 0 Å². The van der Waals surface area contributed by atoms with Gasteiger partial charge in [-0.3, -0.25) is 19.1 Å². The molecule has 0 bridgehead atoms. The molecule has 2 aromatic rings. The van der Waals surface area contributed by atoms with Crippen LogP contribution in [0.5, 0.6) is 0 Å². The van der Waals surface area contributed by atoms with E-state index in [1.54, 1.807) is 0 Å². The molecule has 1 aromatic carbocycles. The molecule has 19 heteroatoms. The fourth-order valence-corrected chi connectivity index (χ4v) is 4.03. The molecule has 190 valence electrons. The Morgan fingerprint density at radius 2 is 1.91 bits per heavy atom. The summed E-state index contributed by atoms with van der Waals surface area (Å²) in [6.45, 7) is 0.549. The Labute approximate surface area is 200 Å². The highest BCUT2D eigenvalue weighted by Gasteiger charge is 2.19. The van der Waals surface area contributed by atoms with Crippen LogP contribution in [0.1, 0.15) is 5.56 Å². The van der Waals surface area contributed by atoms with Gasteiger partial charge in [0.2, 0.25) is 17.1 Å². The summed E-state index contributed by atoms with van der Waals surface area (Å²) in [6.07, 6.45) is 0. The smallest absolute Gasteiger partial charge is 0.296 e. The van der Waals surface area contributed by atoms with Crippen molar-refractivity contribution < 1.29 is 34.6 Å². The summed E-state index contributed by atoms with van der Waals surface area (Å²) >= 11 is 0.732. The summed E-state index contributed by atoms with van der Waals surface area (Å²) in [4.78, 5) is 12.1. The monoisotopic (exact) mass is 540 g/mol. The Morgan fingerprint density at radius 1 is 1.18 bits per heavy atom. The molecule has 16 nitrogen and oxygen atoms in total. The molecule has 0 unspecified atom stereocenters. The van der Waals surface area contributed by atoms with Crippen LogP contribution in [0.2, 0.25) is 0 Å². The number of hydroxylamine groups is 1. The van der Waals surface area contributed by atoms with E-state index in [0.29, 0.717) is 6.73 Å². The number of benzene rings is 1. The van der Waals surface area contributed by atoms with Crippen molar-refractivity contribution in [3.63, 3.8) is 0 Å². The number of aromatic nitrogens is 3. The quantitative estimate of drug-likeness (QED) is 0.0381. The third kappa shape index (κ3) is 8.87. The zero-order valence-electron chi connectivity index (χ0n) is 18.2. The molecule has 6 N–H and O–H groups in total. The summed E-state index contributed by atoms with van der Waals surface area (Å²) in [6, 6.07) is 3.45. The first kappa shape index (κ1) is 28.0. The first-order valence-corrected chi connectivity index (χ1v) is 12.9. The molecular formula is C15H24N8O8S3. The number of nitrogens with two attached hydrogens (primary N) is 1. The second-order valence-electron chi connectivity index (χ2n) is 6.31. The minimum absolute atomic E-state index is 0.0121. The zero-order chi connectivity index (χ0) is 25.4. The van der Waals surface area contributed by atoms with E-state index in [1.165, 1.54) is 20.2 Å². The van der Waals surface area contributed by atoms with E-state index in [0.717, 1.165) is 36.3 Å². The topological polar surface area (TPSA) is 220 Å². The SMILES string of the molecule is COCNCNOSc1nc(Nc2cc(S(=O)(=O)OC)ccc2CS(=O)(=O)O)nc(N(C)N)n1. The van der Waals surface area contributed by atoms with Crippen LogP contribution in [0.3, 0.4) is 0 Å². The largest absolute Gasteiger partial charge is 0.370 e. The molecule has 0 radical (unpaired) electrons. The Balaban J connectivity index is 2.37. The number of rotatable bonds is 14. The third-order valence-corrected chi connectivity index (χ3v) is 6.19. The Kier molecular flexibility index (Phi) is 10.3. The van der Waals surface area contributed by atoms with Gasteiger partial charge in [0.25, 0.3) is 20.2 Å². The van der Waals surface area contributed by atoms with Gasteiger partial charge in [-0.25, -0.2) is 10.1 Å². The van der Waals surface area contributed by atoms with E-state index in [2.05, 4.69) is 35.2 Å². The number of hydrazine groups is 1. The molecule has 1 aromatic heterocycles. The standard InChI is InChI=1S/C15H24N8O8S3/c1-23(16)14-20-13(21-15(22-14)32-31-18-8-17-9-29-2)19-12-6-11(34(27,28)30-3)5-4-10(12)7-33(24,25)26/h4-6,17-18H,7-9,16H2,1-3H3,(H,24,25,26)(H,19,20,21,22). The van der Waals surface area contributed by atoms with Crippen molar-refractivity contribution in [1.29, 1.82) is 0 Å². The van der Waals surface area contributed by atoms with Crippen LogP contribution in [-0.4, -0.2) is 71.0 Å². The second-order valence-corrected chi connectivity index (χ2v) is 10.2. The first-order chi connectivity index (χ1) is 15.9. The summed E-state index contributed by atoms with van der Waals surface area (Å²) in [5.41, 5.74) is 2.60. The van der Waals surface area contributed by atoms with Crippen molar-refractivity contribution in [1.82, 2.24) is 25.7 Å². The van der Waals surface area contributed by atoms with Crippen molar-refractivity contribution in [3.05, 3.63) is 23.8 Å². The van der Waals surface area contributed by atoms with Crippen molar-refractivity contribution in [2.45, 2.75) is 15.8 Å². The minimum Gasteiger partial charge on any atom is -0.370 e. The van der Waals surface area contributed by atoms with E-state index < -0.39 is 26.0 Å². The molecule has 0 aliphatic carbocycles. The number of nitrogens with one attached hydrogen (secondary N) is 3. The van der Waals surface area contributed by atoms with Gasteiger partial charge in [-0.05, 0) is 17.7 Å². The van der Waals surface area contributed by atoms with Crippen LogP contribution in [-0.2, 0) is 39.2 Å². The lowest BCUT2D eigenvalue weighted by atomic mass is 10.2. The van der Waals surface area contributed by atoms with Gasteiger partial charge in [0.1, 0.15) is 5.75 Å². The maximum absolute atomic E-state index is 12.1. The number of methoxy groups -OCH3 is 1. The number of hydrogen-bond donors (Lipinski definition) is 5. The molecule has 0 amide bonds. The highest BCUT2D eigenvalue weighted by atomic mass is 32.2. The molecular weight excluding hydrogens is 516 g/mol. The minimum atomic E-state index is -4.45. The summed E-state index contributed by atoms with van der Waals surface area (Å²) in [5.74, 6) is 4.81. The van der Waals surface area contributed by atoms with Crippen LogP contribution in [0, 0.1) is 0 Å². The molecule has 1 heterocycles. The van der Waals surface area contributed by atoms with Gasteiger partial charge in [0.15, 0.2) is 0 Å². The summed E-state index contributed by atoms with van der Waals surface area (Å²) < 4.78 is 70.8. The van der Waals surface area contributed by atoms with Crippen LogP contribution in [0.4, 0.5) is 17.6 Å². The van der Waals surface area contributed by atoms with E-state index in [4.69, 9.17) is 14.9 Å². The third-order valence-electron chi connectivity index (χ3n) is 3.71. The summed E-state index contributed by atoms with van der Waals surface area (Å²) in [7, 11) is -4.58. The molecule has 0 aliphatic heterocycles. The molecule has 0 aliphatic rings. The first-order valence-electron chi connectivity index (χ1n) is 9.11. The second kappa shape index (κ2) is 12.5. The van der Waals surface area contributed by atoms with Gasteiger partial charge in [-0.2, -0.15) is 37.3 Å². The Bertz CT molecular complexity index is 1180. The van der Waals surface area contributed by atoms with E-state index in [9.17, 15) is 21.4 Å². The van der Waals surface area contributed by atoms with Crippen molar-refractivity contribution in [2.24, 2.45) is 5.84 Å². The number of nitrogens with zero attached hydrogens (tertiary/aromatic N) is 4. The van der Waals surface area contributed by atoms with Crippen LogP contribution in [0.15, 0.2) is 28.3 Å². The maximum atomic E-state index is 12.1. The number of hydrogen-bond acceptors (Lipinski definition) is 16. The van der Waals surface area contributed by atoms with Gasteiger partial charge >= 0.3 is 0 Å². The molecule has 34 heavy (non-hydrogen) atoms. The Morgan fingerprint density at radius 3 is 2.53 bits per heavy atom. The lowest BCUT2D eigenvalue weighted by molar-refractivity contribution is 0.148. The van der Waals surface area contributed by atoms with Crippen LogP contribution >= 0.6 is 12.0 Å². The fraction of sp³-hybridized carbons (Fsp3) is 0.400. The van der Waals surface area contributed by atoms with E-state index in [-0.39, 0.29) is 39.9 Å². The highest BCUT2D eigenvalue weighted by molar-refractivity contribution is 7.94. The highest BCUT2D eigenvalue weighted by Crippen LogP contribution is 2.27. The molecule has 0 atom stereocenters. The number of anilines is 3. The lowest BCUT2D eigenvalue weighted by Crippen LogP contribution is -2.29. The van der Waals surface area contributed by atoms with Gasteiger partial charge in [0, 0.05) is 19.8 Å². The van der Waals surface area contributed by atoms with Gasteiger partial charge < -0.3 is 10.1 Å². The number of ether oxygens (including phenoxy) is 1. The van der Waals surface area contributed by atoms with Gasteiger partial charge in [-0.15, -0.1) is 0 Å². The van der Waals surface area contributed by atoms with Crippen LogP contribution < -0.4 is 27.0 Å².